The lowest BCUT2D eigenvalue weighted by molar-refractivity contribution is 0.0118. The van der Waals surface area contributed by atoms with Crippen LogP contribution in [0.5, 0.6) is 11.5 Å². The second-order valence-corrected chi connectivity index (χ2v) is 6.02. The van der Waals surface area contributed by atoms with Crippen molar-refractivity contribution in [2.45, 2.75) is 71.0 Å². The lowest BCUT2D eigenvalue weighted by Gasteiger charge is -2.21. The van der Waals surface area contributed by atoms with Crippen LogP contribution < -0.4 is 9.47 Å². The van der Waals surface area contributed by atoms with E-state index < -0.39 is 12.2 Å². The molecule has 0 heterocycles. The van der Waals surface area contributed by atoms with Crippen molar-refractivity contribution < 1.29 is 19.7 Å². The standard InChI is InChI=1S/C19H32O4/c1-5-7-9-11-16(20)19(21)14-12-17(22-3)15(10-8-6-2)18(13-14)23-4/h12-13,16,19-21H,5-11H2,1-4H3/t16-,19-/m1/s1. The van der Waals surface area contributed by atoms with E-state index in [0.29, 0.717) is 23.5 Å². The fourth-order valence-corrected chi connectivity index (χ4v) is 2.76. The Hall–Kier alpha value is -1.26. The normalized spacial score (nSPS) is 13.7. The highest BCUT2D eigenvalue weighted by Crippen LogP contribution is 2.35. The van der Waals surface area contributed by atoms with Crippen molar-refractivity contribution in [3.63, 3.8) is 0 Å². The Bertz CT molecular complexity index is 434. The van der Waals surface area contributed by atoms with Crippen molar-refractivity contribution in [3.05, 3.63) is 23.3 Å². The molecular formula is C19H32O4. The molecule has 0 saturated heterocycles. The molecule has 2 N–H and O–H groups in total. The Morgan fingerprint density at radius 2 is 1.48 bits per heavy atom. The lowest BCUT2D eigenvalue weighted by Crippen LogP contribution is -2.18. The molecule has 0 amide bonds. The third-order valence-corrected chi connectivity index (χ3v) is 4.22. The van der Waals surface area contributed by atoms with Crippen molar-refractivity contribution in [2.75, 3.05) is 14.2 Å². The first-order chi connectivity index (χ1) is 11.1. The molecule has 0 saturated carbocycles. The number of benzene rings is 1. The number of aliphatic hydroxyl groups is 2. The smallest absolute Gasteiger partial charge is 0.126 e. The number of aliphatic hydroxyl groups excluding tert-OH is 2. The van der Waals surface area contributed by atoms with Crippen LogP contribution in [-0.4, -0.2) is 30.5 Å². The van der Waals surface area contributed by atoms with E-state index in [0.717, 1.165) is 44.1 Å². The molecule has 4 nitrogen and oxygen atoms in total. The van der Waals surface area contributed by atoms with Gasteiger partial charge in [0, 0.05) is 5.56 Å². The zero-order valence-corrected chi connectivity index (χ0v) is 15.0. The van der Waals surface area contributed by atoms with Crippen LogP contribution in [0.15, 0.2) is 12.1 Å². The Morgan fingerprint density at radius 1 is 0.913 bits per heavy atom. The molecule has 0 bridgehead atoms. The molecule has 0 aliphatic heterocycles. The number of unbranched alkanes of at least 4 members (excludes halogenated alkanes) is 3. The molecule has 1 aromatic rings. The average molecular weight is 324 g/mol. The second-order valence-electron chi connectivity index (χ2n) is 6.02. The van der Waals surface area contributed by atoms with Gasteiger partial charge < -0.3 is 19.7 Å². The molecule has 0 radical (unpaired) electrons. The SMILES string of the molecule is CCCCC[C@@H](O)[C@H](O)c1cc(OC)c(CCCC)c(OC)c1. The summed E-state index contributed by atoms with van der Waals surface area (Å²) in [6.45, 7) is 4.26. The third kappa shape index (κ3) is 5.70. The van der Waals surface area contributed by atoms with Gasteiger partial charge in [-0.3, -0.25) is 0 Å². The number of hydrogen-bond donors (Lipinski definition) is 2. The molecule has 0 aliphatic carbocycles. The minimum Gasteiger partial charge on any atom is -0.496 e. The van der Waals surface area contributed by atoms with Crippen molar-refractivity contribution >= 4 is 0 Å². The maximum atomic E-state index is 10.4. The first-order valence-corrected chi connectivity index (χ1v) is 8.69. The fourth-order valence-electron chi connectivity index (χ4n) is 2.76. The highest BCUT2D eigenvalue weighted by Gasteiger charge is 2.21. The van der Waals surface area contributed by atoms with Crippen molar-refractivity contribution in [3.8, 4) is 11.5 Å². The second kappa shape index (κ2) is 10.5. The first kappa shape index (κ1) is 19.8. The summed E-state index contributed by atoms with van der Waals surface area (Å²) in [5.41, 5.74) is 1.66. The molecule has 0 spiro atoms. The first-order valence-electron chi connectivity index (χ1n) is 8.69. The number of ether oxygens (including phenoxy) is 2. The highest BCUT2D eigenvalue weighted by atomic mass is 16.5. The minimum absolute atomic E-state index is 0.594. The molecule has 1 aromatic carbocycles. The molecule has 0 fully saturated rings. The predicted octanol–water partition coefficient (Wildman–Crippen LogP) is 4.02. The van der Waals surface area contributed by atoms with E-state index in [1.54, 1.807) is 14.2 Å². The summed E-state index contributed by atoms with van der Waals surface area (Å²) < 4.78 is 11.0. The molecule has 0 aliphatic rings. The Morgan fingerprint density at radius 3 is 1.96 bits per heavy atom. The monoisotopic (exact) mass is 324 g/mol. The van der Waals surface area contributed by atoms with Gasteiger partial charge >= 0.3 is 0 Å². The molecule has 0 aromatic heterocycles. The fraction of sp³-hybridized carbons (Fsp3) is 0.684. The predicted molar refractivity (Wildman–Crippen MR) is 93.3 cm³/mol. The quantitative estimate of drug-likeness (QED) is 0.604. The van der Waals surface area contributed by atoms with Crippen molar-refractivity contribution in [1.82, 2.24) is 0 Å². The largest absolute Gasteiger partial charge is 0.496 e. The zero-order valence-electron chi connectivity index (χ0n) is 15.0. The van der Waals surface area contributed by atoms with Crippen LogP contribution in [0.1, 0.15) is 69.6 Å². The number of methoxy groups -OCH3 is 2. The van der Waals surface area contributed by atoms with Gasteiger partial charge in [-0.1, -0.05) is 39.5 Å². The lowest BCUT2D eigenvalue weighted by atomic mass is 9.96. The van der Waals surface area contributed by atoms with Crippen LogP contribution in [0.3, 0.4) is 0 Å². The Kier molecular flexibility index (Phi) is 9.03. The summed E-state index contributed by atoms with van der Waals surface area (Å²) in [6.07, 6.45) is 4.99. The molecular weight excluding hydrogens is 292 g/mol. The summed E-state index contributed by atoms with van der Waals surface area (Å²) in [6, 6.07) is 3.64. The molecule has 0 unspecified atom stereocenters. The van der Waals surface area contributed by atoms with E-state index in [2.05, 4.69) is 13.8 Å². The van der Waals surface area contributed by atoms with Crippen LogP contribution in [0.25, 0.3) is 0 Å². The van der Waals surface area contributed by atoms with Gasteiger partial charge in [0.2, 0.25) is 0 Å². The minimum atomic E-state index is -0.921. The van der Waals surface area contributed by atoms with Crippen LogP contribution in [0.2, 0.25) is 0 Å². The van der Waals surface area contributed by atoms with E-state index in [9.17, 15) is 10.2 Å². The van der Waals surface area contributed by atoms with Crippen LogP contribution >= 0.6 is 0 Å². The van der Waals surface area contributed by atoms with E-state index in [1.165, 1.54) is 0 Å². The maximum Gasteiger partial charge on any atom is 0.126 e. The van der Waals surface area contributed by atoms with Gasteiger partial charge in [0.05, 0.1) is 20.3 Å². The summed E-state index contributed by atoms with van der Waals surface area (Å²) in [7, 11) is 3.25. The maximum absolute atomic E-state index is 10.4. The van der Waals surface area contributed by atoms with E-state index in [4.69, 9.17) is 9.47 Å². The van der Waals surface area contributed by atoms with Crippen molar-refractivity contribution in [2.24, 2.45) is 0 Å². The van der Waals surface area contributed by atoms with Gasteiger partial charge in [-0.15, -0.1) is 0 Å². The molecule has 1 rings (SSSR count). The van der Waals surface area contributed by atoms with E-state index >= 15 is 0 Å². The van der Waals surface area contributed by atoms with Gasteiger partial charge in [0.25, 0.3) is 0 Å². The topological polar surface area (TPSA) is 58.9 Å². The van der Waals surface area contributed by atoms with Gasteiger partial charge in [-0.25, -0.2) is 0 Å². The summed E-state index contributed by atoms with van der Waals surface area (Å²) in [4.78, 5) is 0. The Balaban J connectivity index is 2.98. The number of rotatable bonds is 11. The Labute approximate surface area is 140 Å². The van der Waals surface area contributed by atoms with Gasteiger partial charge in [0.1, 0.15) is 17.6 Å². The van der Waals surface area contributed by atoms with Gasteiger partial charge in [-0.05, 0) is 37.0 Å². The highest BCUT2D eigenvalue weighted by molar-refractivity contribution is 5.49. The summed E-state index contributed by atoms with van der Waals surface area (Å²) in [5.74, 6) is 1.43. The van der Waals surface area contributed by atoms with Crippen molar-refractivity contribution in [1.29, 1.82) is 0 Å². The van der Waals surface area contributed by atoms with Crippen LogP contribution in [-0.2, 0) is 6.42 Å². The summed E-state index contributed by atoms with van der Waals surface area (Å²) >= 11 is 0. The van der Waals surface area contributed by atoms with E-state index in [1.807, 2.05) is 12.1 Å². The molecule has 2 atom stereocenters. The molecule has 4 heteroatoms. The number of hydrogen-bond acceptors (Lipinski definition) is 4. The zero-order chi connectivity index (χ0) is 17.2. The van der Waals surface area contributed by atoms with Crippen LogP contribution in [0, 0.1) is 0 Å². The average Bonchev–Trinajstić information content (AvgIpc) is 2.58. The molecule has 23 heavy (non-hydrogen) atoms. The van der Waals surface area contributed by atoms with Gasteiger partial charge in [0.15, 0.2) is 0 Å². The van der Waals surface area contributed by atoms with Crippen LogP contribution in [0.4, 0.5) is 0 Å². The third-order valence-electron chi connectivity index (χ3n) is 4.22. The van der Waals surface area contributed by atoms with Gasteiger partial charge in [-0.2, -0.15) is 0 Å². The van der Waals surface area contributed by atoms with E-state index in [-0.39, 0.29) is 0 Å². The summed E-state index contributed by atoms with van der Waals surface area (Å²) in [5, 5.41) is 20.6. The molecule has 132 valence electrons.